The molecular weight excluding hydrogens is 218 g/mol. The lowest BCUT2D eigenvalue weighted by Crippen LogP contribution is -1.78. The van der Waals surface area contributed by atoms with Crippen molar-refractivity contribution in [2.75, 3.05) is 0 Å². The Kier molecular flexibility index (Phi) is 10.7. The summed E-state index contributed by atoms with van der Waals surface area (Å²) in [5, 5.41) is 0. The van der Waals surface area contributed by atoms with Crippen molar-refractivity contribution in [3.05, 3.63) is 0 Å². The summed E-state index contributed by atoms with van der Waals surface area (Å²) >= 11 is 1.80. The van der Waals surface area contributed by atoms with Gasteiger partial charge in [-0.05, 0) is 29.0 Å². The van der Waals surface area contributed by atoms with E-state index in [2.05, 4.69) is 0 Å². The van der Waals surface area contributed by atoms with Crippen molar-refractivity contribution in [1.82, 2.24) is 0 Å². The zero-order valence-electron chi connectivity index (χ0n) is 3.70. The lowest BCUT2D eigenvalue weighted by Gasteiger charge is -1.78. The second-order valence-corrected chi connectivity index (χ2v) is 2.31. The van der Waals surface area contributed by atoms with Gasteiger partial charge >= 0.3 is 0 Å². The predicted molar refractivity (Wildman–Crippen MR) is 43.9 cm³/mol. The average molecular weight is 228 g/mol. The van der Waals surface area contributed by atoms with Crippen LogP contribution in [0.4, 0.5) is 0 Å². The van der Waals surface area contributed by atoms with Crippen LogP contribution in [0, 0.1) is 0 Å². The Hall–Kier alpha value is 0.932. The first-order chi connectivity index (χ1) is 2.77. The molecule has 0 aliphatic carbocycles. The number of rotatable bonds is 2. The highest BCUT2D eigenvalue weighted by Gasteiger charge is 1.86. The van der Waals surface area contributed by atoms with Crippen LogP contribution in [-0.4, -0.2) is 21.2 Å². The van der Waals surface area contributed by atoms with Crippen LogP contribution in [0.2, 0.25) is 0 Å². The van der Waals surface area contributed by atoms with Crippen molar-refractivity contribution in [2.45, 2.75) is 19.8 Å². The van der Waals surface area contributed by atoms with Crippen LogP contribution in [0.25, 0.3) is 0 Å². The van der Waals surface area contributed by atoms with Gasteiger partial charge in [0.2, 0.25) is 0 Å². The van der Waals surface area contributed by atoms with Gasteiger partial charge in [0.1, 0.15) is 0 Å². The van der Waals surface area contributed by atoms with Crippen LogP contribution < -0.4 is 0 Å². The van der Waals surface area contributed by atoms with E-state index in [0.29, 0.717) is 0 Å². The fraction of sp³-hybridized carbons (Fsp3) is 0.750. The molecule has 0 radical (unpaired) electrons. The van der Waals surface area contributed by atoms with E-state index in [4.69, 9.17) is 0 Å². The molecule has 1 nitrogen and oxygen atoms in total. The van der Waals surface area contributed by atoms with Gasteiger partial charge in [0, 0.05) is 6.42 Å². The molecule has 0 aromatic carbocycles. The standard InChI is InChI=1S/C4H7IO.Al.3H/c1-2-3-4(5)6;;;;/h2-3H2,1H3;;;;. The van der Waals surface area contributed by atoms with Gasteiger partial charge in [0.15, 0.2) is 21.2 Å². The van der Waals surface area contributed by atoms with Crippen LogP contribution >= 0.6 is 22.6 Å². The van der Waals surface area contributed by atoms with E-state index in [9.17, 15) is 4.79 Å². The molecule has 0 amide bonds. The van der Waals surface area contributed by atoms with Crippen LogP contribution in [-0.2, 0) is 4.79 Å². The molecule has 0 fully saturated rings. The number of hydrogen-bond donors (Lipinski definition) is 0. The van der Waals surface area contributed by atoms with E-state index >= 15 is 0 Å². The van der Waals surface area contributed by atoms with Crippen LogP contribution in [0.15, 0.2) is 0 Å². The topological polar surface area (TPSA) is 17.1 Å². The Morgan fingerprint density at radius 3 is 2.14 bits per heavy atom. The van der Waals surface area contributed by atoms with Gasteiger partial charge in [-0.3, -0.25) is 4.79 Å². The highest BCUT2D eigenvalue weighted by Crippen LogP contribution is 1.94. The largest absolute Gasteiger partial charge is 0.288 e. The fourth-order valence-electron chi connectivity index (χ4n) is 0.197. The predicted octanol–water partition coefficient (Wildman–Crippen LogP) is 0.564. The highest BCUT2D eigenvalue weighted by atomic mass is 127. The maximum absolute atomic E-state index is 10.0. The molecule has 3 heteroatoms. The quantitative estimate of drug-likeness (QED) is 0.383. The molecule has 0 aromatic rings. The number of hydrogen-bond acceptors (Lipinski definition) is 1. The third-order valence-corrected chi connectivity index (χ3v) is 0.986. The Bertz CT molecular complexity index is 55.7. The van der Waals surface area contributed by atoms with Crippen molar-refractivity contribution in [3.63, 3.8) is 0 Å². The zero-order valence-corrected chi connectivity index (χ0v) is 5.86. The molecule has 0 aliphatic heterocycles. The number of carbonyl (C=O) groups is 1. The molecule has 0 N–H and O–H groups in total. The van der Waals surface area contributed by atoms with Crippen molar-refractivity contribution in [2.24, 2.45) is 0 Å². The third kappa shape index (κ3) is 10.9. The zero-order chi connectivity index (χ0) is 4.99. The van der Waals surface area contributed by atoms with Crippen LogP contribution in [0.3, 0.4) is 0 Å². The molecule has 0 rings (SSSR count). The molecule has 0 saturated heterocycles. The lowest BCUT2D eigenvalue weighted by atomic mass is 10.4. The summed E-state index contributed by atoms with van der Waals surface area (Å²) in [7, 11) is 0. The fourth-order valence-corrected chi connectivity index (χ4v) is 0.736. The van der Waals surface area contributed by atoms with Crippen LogP contribution in [0.5, 0.6) is 0 Å². The second kappa shape index (κ2) is 6.93. The summed E-state index contributed by atoms with van der Waals surface area (Å²) < 4.78 is 0.259. The van der Waals surface area contributed by atoms with Crippen molar-refractivity contribution in [3.8, 4) is 0 Å². The van der Waals surface area contributed by atoms with Gasteiger partial charge in [-0.1, -0.05) is 6.92 Å². The molecule has 0 heterocycles. The molecule has 0 aliphatic rings. The summed E-state index contributed by atoms with van der Waals surface area (Å²) in [4.78, 5) is 10.0. The van der Waals surface area contributed by atoms with Crippen molar-refractivity contribution >= 4 is 43.7 Å². The SMILES string of the molecule is CCCC(=O)I.[AlH3]. The summed E-state index contributed by atoms with van der Waals surface area (Å²) in [6, 6.07) is 0. The first kappa shape index (κ1) is 10.8. The molecule has 0 bridgehead atoms. The van der Waals surface area contributed by atoms with Gasteiger partial charge in [-0.25, -0.2) is 0 Å². The van der Waals surface area contributed by atoms with Crippen molar-refractivity contribution in [1.29, 1.82) is 0 Å². The van der Waals surface area contributed by atoms with E-state index in [1.165, 1.54) is 0 Å². The maximum atomic E-state index is 10.0. The third-order valence-electron chi connectivity index (χ3n) is 0.447. The van der Waals surface area contributed by atoms with E-state index in [1.807, 2.05) is 6.92 Å². The maximum Gasteiger partial charge on any atom is 0.192 e. The average Bonchev–Trinajstić information content (AvgIpc) is 1.35. The van der Waals surface area contributed by atoms with E-state index in [1.54, 1.807) is 22.6 Å². The van der Waals surface area contributed by atoms with E-state index in [0.717, 1.165) is 12.8 Å². The molecule has 0 saturated carbocycles. The Balaban J connectivity index is 0. The van der Waals surface area contributed by atoms with Gasteiger partial charge in [0.25, 0.3) is 0 Å². The van der Waals surface area contributed by atoms with Gasteiger partial charge in [-0.2, -0.15) is 0 Å². The first-order valence-electron chi connectivity index (χ1n) is 1.95. The molecular formula is C4H10AlIO. The number of carbonyl (C=O) groups excluding carboxylic acids is 1. The minimum Gasteiger partial charge on any atom is -0.288 e. The minimum absolute atomic E-state index is 0. The summed E-state index contributed by atoms with van der Waals surface area (Å²) in [5.74, 6) is 0. The molecule has 0 unspecified atom stereocenters. The lowest BCUT2D eigenvalue weighted by molar-refractivity contribution is -0.109. The molecule has 0 spiro atoms. The van der Waals surface area contributed by atoms with E-state index < -0.39 is 0 Å². The smallest absolute Gasteiger partial charge is 0.192 e. The first-order valence-corrected chi connectivity index (χ1v) is 3.03. The molecule has 0 atom stereocenters. The highest BCUT2D eigenvalue weighted by molar-refractivity contribution is 14.1. The Labute approximate surface area is 68.1 Å². The summed E-state index contributed by atoms with van der Waals surface area (Å²) in [6.45, 7) is 2.00. The second-order valence-electron chi connectivity index (χ2n) is 1.11. The molecule has 0 aromatic heterocycles. The van der Waals surface area contributed by atoms with Gasteiger partial charge in [0.05, 0.1) is 0 Å². The summed E-state index contributed by atoms with van der Waals surface area (Å²) in [6.07, 6.45) is 1.70. The molecule has 7 heavy (non-hydrogen) atoms. The monoisotopic (exact) mass is 228 g/mol. The minimum atomic E-state index is 0. The Morgan fingerprint density at radius 2 is 2.14 bits per heavy atom. The van der Waals surface area contributed by atoms with E-state index in [-0.39, 0.29) is 21.2 Å². The van der Waals surface area contributed by atoms with Gasteiger partial charge in [-0.15, -0.1) is 0 Å². The Morgan fingerprint density at radius 1 is 1.71 bits per heavy atom. The van der Waals surface area contributed by atoms with Gasteiger partial charge < -0.3 is 0 Å². The summed E-state index contributed by atoms with van der Waals surface area (Å²) in [5.41, 5.74) is 0. The normalized spacial score (nSPS) is 7.14. The molecule has 42 valence electrons. The number of halogens is 1. The van der Waals surface area contributed by atoms with Crippen LogP contribution in [0.1, 0.15) is 19.8 Å². The van der Waals surface area contributed by atoms with Crippen molar-refractivity contribution < 1.29 is 4.79 Å².